The van der Waals surface area contributed by atoms with E-state index in [0.717, 1.165) is 25.2 Å². The topological polar surface area (TPSA) is 54.5 Å². The number of pyridine rings is 1. The van der Waals surface area contributed by atoms with Gasteiger partial charge in [-0.2, -0.15) is 0 Å². The molecule has 0 bridgehead atoms. The van der Waals surface area contributed by atoms with Gasteiger partial charge in [0.25, 0.3) is 5.91 Å². The zero-order valence-corrected chi connectivity index (χ0v) is 12.3. The van der Waals surface area contributed by atoms with Crippen molar-refractivity contribution in [3.63, 3.8) is 0 Å². The number of carbonyl (C=O) groups is 1. The third kappa shape index (κ3) is 3.77. The Hall–Kier alpha value is -1.46. The highest BCUT2D eigenvalue weighted by atomic mass is 16.5. The summed E-state index contributed by atoms with van der Waals surface area (Å²) in [6.07, 6.45) is 4.02. The normalized spacial score (nSPS) is 18.2. The molecule has 1 saturated heterocycles. The molecule has 1 N–H and O–H groups in total. The number of amides is 1. The molecule has 0 aromatic carbocycles. The number of ether oxygens (including phenoxy) is 1. The van der Waals surface area contributed by atoms with Crippen molar-refractivity contribution in [1.82, 2.24) is 15.2 Å². The highest BCUT2D eigenvalue weighted by molar-refractivity contribution is 5.95. The fourth-order valence-electron chi connectivity index (χ4n) is 2.54. The van der Waals surface area contributed by atoms with E-state index in [4.69, 9.17) is 4.74 Å². The van der Waals surface area contributed by atoms with Gasteiger partial charge in [0.05, 0.1) is 12.2 Å². The third-order valence-electron chi connectivity index (χ3n) is 3.69. The first-order valence-corrected chi connectivity index (χ1v) is 7.15. The van der Waals surface area contributed by atoms with Gasteiger partial charge in [-0.05, 0) is 38.4 Å². The summed E-state index contributed by atoms with van der Waals surface area (Å²) in [6, 6.07) is 4.04. The second-order valence-corrected chi connectivity index (χ2v) is 5.17. The Morgan fingerprint density at radius 3 is 3.10 bits per heavy atom. The quantitative estimate of drug-likeness (QED) is 0.850. The van der Waals surface area contributed by atoms with Crippen LogP contribution in [0, 0.1) is 6.92 Å². The van der Waals surface area contributed by atoms with E-state index in [9.17, 15) is 4.79 Å². The van der Waals surface area contributed by atoms with E-state index in [2.05, 4.69) is 10.3 Å². The van der Waals surface area contributed by atoms with Crippen molar-refractivity contribution in [3.8, 4) is 0 Å². The second kappa shape index (κ2) is 7.36. The summed E-state index contributed by atoms with van der Waals surface area (Å²) in [7, 11) is 1.66. The molecule has 2 heterocycles. The van der Waals surface area contributed by atoms with Crippen LogP contribution in [0.2, 0.25) is 0 Å². The summed E-state index contributed by atoms with van der Waals surface area (Å²) in [5.74, 6) is 0.0429. The van der Waals surface area contributed by atoms with E-state index >= 15 is 0 Å². The first-order chi connectivity index (χ1) is 9.72. The van der Waals surface area contributed by atoms with E-state index in [-0.39, 0.29) is 5.91 Å². The van der Waals surface area contributed by atoms with Crippen LogP contribution >= 0.6 is 0 Å². The summed E-state index contributed by atoms with van der Waals surface area (Å²) in [6.45, 7) is 4.81. The van der Waals surface area contributed by atoms with Gasteiger partial charge < -0.3 is 15.0 Å². The van der Waals surface area contributed by atoms with Crippen LogP contribution in [0.4, 0.5) is 0 Å². The van der Waals surface area contributed by atoms with Crippen LogP contribution in [0.15, 0.2) is 18.3 Å². The van der Waals surface area contributed by atoms with Crippen LogP contribution in [0.3, 0.4) is 0 Å². The summed E-state index contributed by atoms with van der Waals surface area (Å²) >= 11 is 0. The Morgan fingerprint density at radius 2 is 2.45 bits per heavy atom. The van der Waals surface area contributed by atoms with E-state index in [0.29, 0.717) is 24.8 Å². The minimum Gasteiger partial charge on any atom is -0.383 e. The average Bonchev–Trinajstić information content (AvgIpc) is 2.96. The van der Waals surface area contributed by atoms with Crippen molar-refractivity contribution in [2.45, 2.75) is 25.8 Å². The van der Waals surface area contributed by atoms with Crippen LogP contribution in [-0.2, 0) is 4.74 Å². The molecule has 1 atom stereocenters. The standard InChI is InChI=1S/C15H23N3O2/c1-12-14(6-4-7-16-12)15(19)18(9-10-20-2)11-13-5-3-8-17-13/h4,6-7,13,17H,3,5,8-11H2,1-2H3. The highest BCUT2D eigenvalue weighted by Crippen LogP contribution is 2.12. The van der Waals surface area contributed by atoms with Crippen molar-refractivity contribution in [1.29, 1.82) is 0 Å². The zero-order valence-electron chi connectivity index (χ0n) is 12.3. The number of aromatic nitrogens is 1. The Morgan fingerprint density at radius 1 is 1.60 bits per heavy atom. The largest absolute Gasteiger partial charge is 0.383 e. The van der Waals surface area contributed by atoms with Crippen molar-refractivity contribution >= 4 is 5.91 Å². The minimum atomic E-state index is 0.0429. The Labute approximate surface area is 120 Å². The van der Waals surface area contributed by atoms with Crippen LogP contribution in [0.25, 0.3) is 0 Å². The molecule has 0 radical (unpaired) electrons. The fraction of sp³-hybridized carbons (Fsp3) is 0.600. The molecule has 0 saturated carbocycles. The predicted molar refractivity (Wildman–Crippen MR) is 77.8 cm³/mol. The average molecular weight is 277 g/mol. The molecule has 5 nitrogen and oxygen atoms in total. The number of nitrogens with zero attached hydrogens (tertiary/aromatic N) is 2. The maximum atomic E-state index is 12.7. The van der Waals surface area contributed by atoms with Gasteiger partial charge in [0.15, 0.2) is 0 Å². The lowest BCUT2D eigenvalue weighted by Crippen LogP contribution is -2.42. The number of hydrogen-bond donors (Lipinski definition) is 1. The summed E-state index contributed by atoms with van der Waals surface area (Å²) in [5.41, 5.74) is 1.46. The second-order valence-electron chi connectivity index (χ2n) is 5.17. The molecule has 1 aromatic rings. The molecule has 2 rings (SSSR count). The number of hydrogen-bond acceptors (Lipinski definition) is 4. The number of methoxy groups -OCH3 is 1. The molecule has 110 valence electrons. The van der Waals surface area contributed by atoms with Crippen molar-refractivity contribution in [2.24, 2.45) is 0 Å². The number of rotatable bonds is 6. The van der Waals surface area contributed by atoms with Gasteiger partial charge in [-0.15, -0.1) is 0 Å². The Bertz CT molecular complexity index is 444. The van der Waals surface area contributed by atoms with Gasteiger partial charge in [0.2, 0.25) is 0 Å². The van der Waals surface area contributed by atoms with Crippen LogP contribution in [-0.4, -0.2) is 55.2 Å². The monoisotopic (exact) mass is 277 g/mol. The number of carbonyl (C=O) groups excluding carboxylic acids is 1. The van der Waals surface area contributed by atoms with Crippen LogP contribution < -0.4 is 5.32 Å². The van der Waals surface area contributed by atoms with Gasteiger partial charge in [-0.25, -0.2) is 0 Å². The molecule has 5 heteroatoms. The fourth-order valence-corrected chi connectivity index (χ4v) is 2.54. The van der Waals surface area contributed by atoms with Gasteiger partial charge in [-0.1, -0.05) is 0 Å². The molecular weight excluding hydrogens is 254 g/mol. The zero-order chi connectivity index (χ0) is 14.4. The lowest BCUT2D eigenvalue weighted by atomic mass is 10.1. The Balaban J connectivity index is 2.08. The molecule has 1 amide bonds. The lowest BCUT2D eigenvalue weighted by Gasteiger charge is -2.26. The summed E-state index contributed by atoms with van der Waals surface area (Å²) < 4.78 is 5.12. The summed E-state index contributed by atoms with van der Waals surface area (Å²) in [5, 5.41) is 3.43. The molecule has 20 heavy (non-hydrogen) atoms. The van der Waals surface area contributed by atoms with Crippen molar-refractivity contribution < 1.29 is 9.53 Å². The first kappa shape index (κ1) is 14.9. The van der Waals surface area contributed by atoms with Crippen LogP contribution in [0.1, 0.15) is 28.9 Å². The van der Waals surface area contributed by atoms with E-state index in [1.165, 1.54) is 6.42 Å². The molecule has 0 spiro atoms. The van der Waals surface area contributed by atoms with Gasteiger partial charge >= 0.3 is 0 Å². The van der Waals surface area contributed by atoms with Crippen LogP contribution in [0.5, 0.6) is 0 Å². The number of aryl methyl sites for hydroxylation is 1. The molecule has 1 unspecified atom stereocenters. The molecule has 1 aliphatic heterocycles. The SMILES string of the molecule is COCCN(CC1CCCN1)C(=O)c1cccnc1C. The molecule has 1 aromatic heterocycles. The minimum absolute atomic E-state index is 0.0429. The maximum Gasteiger partial charge on any atom is 0.255 e. The summed E-state index contributed by atoms with van der Waals surface area (Å²) in [4.78, 5) is 18.7. The van der Waals surface area contributed by atoms with E-state index in [1.54, 1.807) is 13.3 Å². The smallest absolute Gasteiger partial charge is 0.255 e. The molecule has 1 aliphatic rings. The third-order valence-corrected chi connectivity index (χ3v) is 3.69. The predicted octanol–water partition coefficient (Wildman–Crippen LogP) is 1.23. The highest BCUT2D eigenvalue weighted by Gasteiger charge is 2.23. The van der Waals surface area contributed by atoms with Crippen molar-refractivity contribution in [3.05, 3.63) is 29.6 Å². The van der Waals surface area contributed by atoms with E-state index < -0.39 is 0 Å². The van der Waals surface area contributed by atoms with Gasteiger partial charge in [0, 0.05) is 38.1 Å². The van der Waals surface area contributed by atoms with Gasteiger partial charge in [0.1, 0.15) is 0 Å². The van der Waals surface area contributed by atoms with E-state index in [1.807, 2.05) is 24.0 Å². The van der Waals surface area contributed by atoms with Gasteiger partial charge in [-0.3, -0.25) is 9.78 Å². The van der Waals surface area contributed by atoms with Crippen molar-refractivity contribution in [2.75, 3.05) is 33.4 Å². The molecular formula is C15H23N3O2. The maximum absolute atomic E-state index is 12.7. The first-order valence-electron chi connectivity index (χ1n) is 7.15. The number of nitrogens with one attached hydrogen (secondary N) is 1. The molecule has 1 fully saturated rings. The Kier molecular flexibility index (Phi) is 5.49. The lowest BCUT2D eigenvalue weighted by molar-refractivity contribution is 0.0678. The molecule has 0 aliphatic carbocycles.